The lowest BCUT2D eigenvalue weighted by atomic mass is 10.4. The third kappa shape index (κ3) is 4.13. The van der Waals surface area contributed by atoms with Crippen LogP contribution in [-0.4, -0.2) is 22.6 Å². The maximum absolute atomic E-state index is 5.24. The van der Waals surface area contributed by atoms with Gasteiger partial charge in [0.15, 0.2) is 11.8 Å². The molecule has 2 aromatic heterocycles. The molecule has 2 heterocycles. The SMILES string of the molecule is CCNC(=NCc1noc(C)n1)NCc1ccco1. The molecule has 0 amide bonds. The lowest BCUT2D eigenvalue weighted by Crippen LogP contribution is -2.36. The van der Waals surface area contributed by atoms with Crippen molar-refractivity contribution in [2.45, 2.75) is 26.9 Å². The smallest absolute Gasteiger partial charge is 0.223 e. The van der Waals surface area contributed by atoms with E-state index in [0.29, 0.717) is 30.8 Å². The zero-order valence-corrected chi connectivity index (χ0v) is 11.0. The molecular formula is C12H17N5O2. The van der Waals surface area contributed by atoms with Crippen LogP contribution in [0.1, 0.15) is 24.4 Å². The predicted octanol–water partition coefficient (Wildman–Crippen LogP) is 1.23. The van der Waals surface area contributed by atoms with Crippen molar-refractivity contribution in [1.29, 1.82) is 0 Å². The van der Waals surface area contributed by atoms with E-state index >= 15 is 0 Å². The van der Waals surface area contributed by atoms with E-state index in [-0.39, 0.29) is 0 Å². The minimum absolute atomic E-state index is 0.366. The first-order chi connectivity index (χ1) is 9.28. The fourth-order valence-electron chi connectivity index (χ4n) is 1.48. The molecule has 0 spiro atoms. The summed E-state index contributed by atoms with van der Waals surface area (Å²) in [5, 5.41) is 10.1. The van der Waals surface area contributed by atoms with Crippen LogP contribution >= 0.6 is 0 Å². The molecule has 0 unspecified atom stereocenters. The van der Waals surface area contributed by atoms with Gasteiger partial charge in [0.1, 0.15) is 12.3 Å². The Bertz CT molecular complexity index is 518. The van der Waals surface area contributed by atoms with Crippen molar-refractivity contribution in [1.82, 2.24) is 20.8 Å². The Kier molecular flexibility index (Phi) is 4.54. The van der Waals surface area contributed by atoms with Gasteiger partial charge in [-0.05, 0) is 19.1 Å². The largest absolute Gasteiger partial charge is 0.467 e. The standard InChI is InChI=1S/C12H17N5O2/c1-3-13-12(14-7-10-5-4-6-18-10)15-8-11-16-9(2)19-17-11/h4-6H,3,7-8H2,1-2H3,(H2,13,14,15). The summed E-state index contributed by atoms with van der Waals surface area (Å²) in [6.45, 7) is 5.47. The highest BCUT2D eigenvalue weighted by Crippen LogP contribution is 1.99. The monoisotopic (exact) mass is 263 g/mol. The van der Waals surface area contributed by atoms with Crippen molar-refractivity contribution in [2.24, 2.45) is 4.99 Å². The molecule has 0 fully saturated rings. The van der Waals surface area contributed by atoms with E-state index in [4.69, 9.17) is 8.94 Å². The summed E-state index contributed by atoms with van der Waals surface area (Å²) in [4.78, 5) is 8.46. The molecule has 0 aliphatic heterocycles. The van der Waals surface area contributed by atoms with E-state index < -0.39 is 0 Å². The first-order valence-corrected chi connectivity index (χ1v) is 6.11. The highest BCUT2D eigenvalue weighted by atomic mass is 16.5. The van der Waals surface area contributed by atoms with Crippen LogP contribution in [0.2, 0.25) is 0 Å². The highest BCUT2D eigenvalue weighted by molar-refractivity contribution is 5.79. The van der Waals surface area contributed by atoms with Crippen LogP contribution in [0.15, 0.2) is 32.3 Å². The van der Waals surface area contributed by atoms with E-state index in [9.17, 15) is 0 Å². The molecule has 2 rings (SSSR count). The van der Waals surface area contributed by atoms with Gasteiger partial charge in [-0.1, -0.05) is 5.16 Å². The Morgan fingerprint density at radius 3 is 2.95 bits per heavy atom. The molecule has 19 heavy (non-hydrogen) atoms. The summed E-state index contributed by atoms with van der Waals surface area (Å²) in [5.41, 5.74) is 0. The van der Waals surface area contributed by atoms with Gasteiger partial charge >= 0.3 is 0 Å². The van der Waals surface area contributed by atoms with Gasteiger partial charge in [-0.3, -0.25) is 0 Å². The summed E-state index contributed by atoms with van der Waals surface area (Å²) >= 11 is 0. The molecule has 102 valence electrons. The Labute approximate surface area is 111 Å². The number of guanidine groups is 1. The van der Waals surface area contributed by atoms with E-state index in [2.05, 4.69) is 25.8 Å². The van der Waals surface area contributed by atoms with Crippen molar-refractivity contribution in [3.8, 4) is 0 Å². The summed E-state index contributed by atoms with van der Waals surface area (Å²) in [5.74, 6) is 2.63. The number of nitrogens with zero attached hydrogens (tertiary/aromatic N) is 3. The topological polar surface area (TPSA) is 88.5 Å². The van der Waals surface area contributed by atoms with E-state index in [1.807, 2.05) is 19.1 Å². The first kappa shape index (κ1) is 13.1. The normalized spacial score (nSPS) is 11.6. The number of hydrogen-bond donors (Lipinski definition) is 2. The summed E-state index contributed by atoms with van der Waals surface area (Å²) in [6.07, 6.45) is 1.64. The second-order valence-electron chi connectivity index (χ2n) is 3.86. The van der Waals surface area contributed by atoms with Gasteiger partial charge in [0.25, 0.3) is 0 Å². The van der Waals surface area contributed by atoms with E-state index in [0.717, 1.165) is 12.3 Å². The predicted molar refractivity (Wildman–Crippen MR) is 69.4 cm³/mol. The molecule has 0 bridgehead atoms. The van der Waals surface area contributed by atoms with Crippen LogP contribution in [-0.2, 0) is 13.1 Å². The highest BCUT2D eigenvalue weighted by Gasteiger charge is 2.03. The number of rotatable bonds is 5. The fraction of sp³-hybridized carbons (Fsp3) is 0.417. The zero-order chi connectivity index (χ0) is 13.5. The third-order valence-electron chi connectivity index (χ3n) is 2.30. The number of aliphatic imine (C=N–C) groups is 1. The number of furan rings is 1. The van der Waals surface area contributed by atoms with E-state index in [1.165, 1.54) is 0 Å². The minimum atomic E-state index is 0.366. The van der Waals surface area contributed by atoms with Crippen molar-refractivity contribution >= 4 is 5.96 Å². The molecule has 7 nitrogen and oxygen atoms in total. The number of aryl methyl sites for hydroxylation is 1. The second kappa shape index (κ2) is 6.58. The van der Waals surface area contributed by atoms with Crippen LogP contribution in [0, 0.1) is 6.92 Å². The maximum atomic E-state index is 5.24. The Morgan fingerprint density at radius 1 is 1.42 bits per heavy atom. The van der Waals surface area contributed by atoms with Gasteiger partial charge in [-0.15, -0.1) is 0 Å². The Balaban J connectivity index is 1.90. The Morgan fingerprint density at radius 2 is 2.32 bits per heavy atom. The molecule has 0 saturated heterocycles. The van der Waals surface area contributed by atoms with Crippen LogP contribution in [0.4, 0.5) is 0 Å². The number of aromatic nitrogens is 2. The van der Waals surface area contributed by atoms with Crippen molar-refractivity contribution < 1.29 is 8.94 Å². The van der Waals surface area contributed by atoms with Crippen LogP contribution in [0.3, 0.4) is 0 Å². The molecule has 2 aromatic rings. The van der Waals surface area contributed by atoms with Gasteiger partial charge < -0.3 is 19.6 Å². The Hall–Kier alpha value is -2.31. The first-order valence-electron chi connectivity index (χ1n) is 6.11. The van der Waals surface area contributed by atoms with Gasteiger partial charge in [0.2, 0.25) is 5.89 Å². The lowest BCUT2D eigenvalue weighted by Gasteiger charge is -2.09. The second-order valence-corrected chi connectivity index (χ2v) is 3.86. The molecule has 0 radical (unpaired) electrons. The summed E-state index contributed by atoms with van der Waals surface area (Å²) in [7, 11) is 0. The molecule has 0 saturated carbocycles. The van der Waals surface area contributed by atoms with Crippen molar-refractivity contribution in [3.63, 3.8) is 0 Å². The summed E-state index contributed by atoms with van der Waals surface area (Å²) in [6, 6.07) is 3.75. The molecule has 0 aliphatic carbocycles. The average molecular weight is 263 g/mol. The summed E-state index contributed by atoms with van der Waals surface area (Å²) < 4.78 is 10.1. The maximum Gasteiger partial charge on any atom is 0.223 e. The molecular weight excluding hydrogens is 246 g/mol. The van der Waals surface area contributed by atoms with Crippen molar-refractivity contribution in [2.75, 3.05) is 6.54 Å². The lowest BCUT2D eigenvalue weighted by molar-refractivity contribution is 0.387. The van der Waals surface area contributed by atoms with Gasteiger partial charge in [0.05, 0.1) is 12.8 Å². The molecule has 0 aliphatic rings. The zero-order valence-electron chi connectivity index (χ0n) is 11.0. The number of hydrogen-bond acceptors (Lipinski definition) is 5. The van der Waals surface area contributed by atoms with Gasteiger partial charge in [0, 0.05) is 13.5 Å². The van der Waals surface area contributed by atoms with Gasteiger partial charge in [-0.2, -0.15) is 4.98 Å². The van der Waals surface area contributed by atoms with Crippen LogP contribution < -0.4 is 10.6 Å². The fourth-order valence-corrected chi connectivity index (χ4v) is 1.48. The number of nitrogens with one attached hydrogen (secondary N) is 2. The molecule has 0 aromatic carbocycles. The van der Waals surface area contributed by atoms with Crippen LogP contribution in [0.25, 0.3) is 0 Å². The minimum Gasteiger partial charge on any atom is -0.467 e. The molecule has 2 N–H and O–H groups in total. The third-order valence-corrected chi connectivity index (χ3v) is 2.30. The quantitative estimate of drug-likeness (QED) is 0.623. The van der Waals surface area contributed by atoms with Crippen LogP contribution in [0.5, 0.6) is 0 Å². The average Bonchev–Trinajstić information content (AvgIpc) is 3.04. The van der Waals surface area contributed by atoms with E-state index in [1.54, 1.807) is 13.2 Å². The molecule has 0 atom stereocenters. The molecule has 7 heteroatoms. The van der Waals surface area contributed by atoms with Gasteiger partial charge in [-0.25, -0.2) is 4.99 Å². The van der Waals surface area contributed by atoms with Crippen molar-refractivity contribution in [3.05, 3.63) is 35.9 Å².